The maximum absolute atomic E-state index is 11.4. The summed E-state index contributed by atoms with van der Waals surface area (Å²) >= 11 is 0. The first kappa shape index (κ1) is 17.8. The molecule has 22 heavy (non-hydrogen) atoms. The Balaban J connectivity index is 2.74. The Labute approximate surface area is 132 Å². The van der Waals surface area contributed by atoms with Gasteiger partial charge in [-0.3, -0.25) is 9.79 Å². The summed E-state index contributed by atoms with van der Waals surface area (Å²) < 4.78 is 10.3. The fraction of sp³-hybridized carbons (Fsp3) is 0.412. The van der Waals surface area contributed by atoms with Gasteiger partial charge < -0.3 is 14.8 Å². The van der Waals surface area contributed by atoms with Crippen LogP contribution in [-0.2, 0) is 16.0 Å². The molecule has 5 heteroatoms. The van der Waals surface area contributed by atoms with Gasteiger partial charge in [0.1, 0.15) is 5.75 Å². The zero-order valence-corrected chi connectivity index (χ0v) is 13.7. The number of ether oxygens (including phenoxy) is 2. The number of benzene rings is 1. The van der Waals surface area contributed by atoms with Crippen LogP contribution in [0.15, 0.2) is 35.1 Å². The molecule has 0 aromatic heterocycles. The molecule has 1 N–H and O–H groups in total. The van der Waals surface area contributed by atoms with E-state index in [1.54, 1.807) is 20.2 Å². The Hall–Kier alpha value is -2.30. The monoisotopic (exact) mass is 304 g/mol. The second-order valence-corrected chi connectivity index (χ2v) is 4.66. The lowest BCUT2D eigenvalue weighted by atomic mass is 10.1. The second kappa shape index (κ2) is 9.60. The minimum Gasteiger partial charge on any atom is -0.495 e. The van der Waals surface area contributed by atoms with Gasteiger partial charge >= 0.3 is 5.97 Å². The van der Waals surface area contributed by atoms with E-state index in [1.807, 2.05) is 38.2 Å². The van der Waals surface area contributed by atoms with E-state index in [0.29, 0.717) is 19.4 Å². The van der Waals surface area contributed by atoms with Crippen LogP contribution in [-0.4, -0.2) is 25.9 Å². The second-order valence-electron chi connectivity index (χ2n) is 4.66. The van der Waals surface area contributed by atoms with E-state index in [-0.39, 0.29) is 5.97 Å². The van der Waals surface area contributed by atoms with E-state index in [1.165, 1.54) is 0 Å². The van der Waals surface area contributed by atoms with Crippen LogP contribution < -0.4 is 10.1 Å². The van der Waals surface area contributed by atoms with E-state index >= 15 is 0 Å². The molecule has 0 bridgehead atoms. The fourth-order valence-corrected chi connectivity index (χ4v) is 1.91. The van der Waals surface area contributed by atoms with Gasteiger partial charge in [-0.25, -0.2) is 0 Å². The molecule has 0 unspecified atom stereocenters. The molecule has 1 rings (SSSR count). The molecule has 0 atom stereocenters. The highest BCUT2D eigenvalue weighted by Crippen LogP contribution is 2.26. The summed E-state index contributed by atoms with van der Waals surface area (Å²) in [7, 11) is 1.62. The summed E-state index contributed by atoms with van der Waals surface area (Å²) in [6.07, 6.45) is 4.55. The average Bonchev–Trinajstić information content (AvgIpc) is 2.51. The summed E-state index contributed by atoms with van der Waals surface area (Å²) in [6.45, 7) is 6.00. The van der Waals surface area contributed by atoms with Crippen molar-refractivity contribution in [1.29, 1.82) is 0 Å². The van der Waals surface area contributed by atoms with Gasteiger partial charge in [0.25, 0.3) is 0 Å². The lowest BCUT2D eigenvalue weighted by molar-refractivity contribution is -0.143. The van der Waals surface area contributed by atoms with Crippen molar-refractivity contribution in [3.63, 3.8) is 0 Å². The Bertz CT molecular complexity index is 551. The van der Waals surface area contributed by atoms with Gasteiger partial charge in [-0.15, -0.1) is 0 Å². The van der Waals surface area contributed by atoms with Crippen molar-refractivity contribution in [2.75, 3.05) is 19.0 Å². The minimum absolute atomic E-state index is 0.181. The van der Waals surface area contributed by atoms with Crippen molar-refractivity contribution in [2.45, 2.75) is 33.6 Å². The maximum Gasteiger partial charge on any atom is 0.306 e. The number of carbonyl (C=O) groups excluding carboxylic acids is 1. The predicted molar refractivity (Wildman–Crippen MR) is 89.5 cm³/mol. The number of hydrogen-bond acceptors (Lipinski definition) is 5. The van der Waals surface area contributed by atoms with Crippen molar-refractivity contribution in [3.05, 3.63) is 35.7 Å². The number of nitrogens with one attached hydrogen (secondary N) is 1. The van der Waals surface area contributed by atoms with Crippen LogP contribution in [0.5, 0.6) is 5.75 Å². The van der Waals surface area contributed by atoms with Crippen molar-refractivity contribution >= 4 is 17.9 Å². The van der Waals surface area contributed by atoms with Crippen molar-refractivity contribution in [1.82, 2.24) is 0 Å². The van der Waals surface area contributed by atoms with Crippen LogP contribution in [0.25, 0.3) is 0 Å². The molecule has 1 aromatic rings. The molecule has 5 nitrogen and oxygen atoms in total. The number of anilines is 1. The Morgan fingerprint density at radius 2 is 2.18 bits per heavy atom. The highest BCUT2D eigenvalue weighted by Gasteiger charge is 2.06. The van der Waals surface area contributed by atoms with Crippen molar-refractivity contribution in [3.8, 4) is 5.75 Å². The number of hydrogen-bond donors (Lipinski definition) is 1. The van der Waals surface area contributed by atoms with E-state index in [0.717, 1.165) is 22.7 Å². The molecular formula is C17H24N2O3. The summed E-state index contributed by atoms with van der Waals surface area (Å²) in [5.41, 5.74) is 2.76. The highest BCUT2D eigenvalue weighted by atomic mass is 16.5. The normalized spacial score (nSPS) is 11.5. The molecule has 0 heterocycles. The lowest BCUT2D eigenvalue weighted by Crippen LogP contribution is -2.05. The molecule has 0 fully saturated rings. The van der Waals surface area contributed by atoms with E-state index in [9.17, 15) is 4.79 Å². The van der Waals surface area contributed by atoms with Gasteiger partial charge in [-0.1, -0.05) is 6.07 Å². The first-order valence-electron chi connectivity index (χ1n) is 7.35. The van der Waals surface area contributed by atoms with Crippen molar-refractivity contribution < 1.29 is 14.3 Å². The number of carbonyl (C=O) groups is 1. The van der Waals surface area contributed by atoms with Gasteiger partial charge in [0.2, 0.25) is 0 Å². The predicted octanol–water partition coefficient (Wildman–Crippen LogP) is 3.55. The van der Waals surface area contributed by atoms with Crippen LogP contribution in [0.1, 0.15) is 32.8 Å². The lowest BCUT2D eigenvalue weighted by Gasteiger charge is -2.11. The molecule has 1 aromatic carbocycles. The number of esters is 1. The largest absolute Gasteiger partial charge is 0.495 e. The number of aliphatic imine (C=N–C) groups is 1. The Kier molecular flexibility index (Phi) is 7.75. The standard InChI is InChI=1S/C17H24N2O3/c1-5-18-13(3)12-19-15-9-7-14(11-16(15)21-4)8-10-17(20)22-6-2/h5,7,9,11-12,19H,6,8,10H2,1-4H3/b13-12-,18-5?. The maximum atomic E-state index is 11.4. The third kappa shape index (κ3) is 5.99. The molecule has 0 spiro atoms. The van der Waals surface area contributed by atoms with Crippen LogP contribution in [0.3, 0.4) is 0 Å². The molecular weight excluding hydrogens is 280 g/mol. The third-order valence-electron chi connectivity index (χ3n) is 2.96. The van der Waals surface area contributed by atoms with Gasteiger partial charge in [0.15, 0.2) is 0 Å². The number of rotatable bonds is 8. The summed E-state index contributed by atoms with van der Waals surface area (Å²) in [4.78, 5) is 15.6. The van der Waals surface area contributed by atoms with Gasteiger partial charge in [0.05, 0.1) is 25.1 Å². The van der Waals surface area contributed by atoms with Gasteiger partial charge in [-0.05, 0) is 44.9 Å². The molecule has 0 saturated heterocycles. The van der Waals surface area contributed by atoms with Crippen LogP contribution in [0, 0.1) is 0 Å². The third-order valence-corrected chi connectivity index (χ3v) is 2.96. The zero-order valence-electron chi connectivity index (χ0n) is 13.7. The molecule has 0 aliphatic carbocycles. The van der Waals surface area contributed by atoms with Crippen LogP contribution in [0.4, 0.5) is 5.69 Å². The number of allylic oxidation sites excluding steroid dienone is 1. The summed E-state index contributed by atoms with van der Waals surface area (Å²) in [5, 5.41) is 3.17. The number of nitrogens with zero attached hydrogens (tertiary/aromatic N) is 1. The molecule has 0 radical (unpaired) electrons. The molecule has 0 aliphatic rings. The topological polar surface area (TPSA) is 59.9 Å². The fourth-order valence-electron chi connectivity index (χ4n) is 1.91. The molecule has 0 aliphatic heterocycles. The van der Waals surface area contributed by atoms with Gasteiger partial charge in [0, 0.05) is 18.8 Å². The average molecular weight is 304 g/mol. The van der Waals surface area contributed by atoms with Crippen LogP contribution in [0.2, 0.25) is 0 Å². The van der Waals surface area contributed by atoms with E-state index < -0.39 is 0 Å². The minimum atomic E-state index is -0.181. The first-order valence-corrected chi connectivity index (χ1v) is 7.35. The Morgan fingerprint density at radius 3 is 2.82 bits per heavy atom. The SMILES string of the molecule is CC=N/C(C)=C\Nc1ccc(CCC(=O)OCC)cc1OC. The highest BCUT2D eigenvalue weighted by molar-refractivity contribution is 5.70. The quantitative estimate of drug-likeness (QED) is 0.589. The summed E-state index contributed by atoms with van der Waals surface area (Å²) in [6, 6.07) is 5.82. The number of methoxy groups -OCH3 is 1. The molecule has 0 saturated carbocycles. The van der Waals surface area contributed by atoms with Crippen LogP contribution >= 0.6 is 0 Å². The molecule has 120 valence electrons. The summed E-state index contributed by atoms with van der Waals surface area (Å²) in [5.74, 6) is 0.547. The van der Waals surface area contributed by atoms with E-state index in [4.69, 9.17) is 9.47 Å². The zero-order chi connectivity index (χ0) is 16.4. The van der Waals surface area contributed by atoms with Gasteiger partial charge in [-0.2, -0.15) is 0 Å². The van der Waals surface area contributed by atoms with E-state index in [2.05, 4.69) is 10.3 Å². The first-order chi connectivity index (χ1) is 10.6. The smallest absolute Gasteiger partial charge is 0.306 e. The van der Waals surface area contributed by atoms with Crippen molar-refractivity contribution in [2.24, 2.45) is 4.99 Å². The molecule has 0 amide bonds. The number of aryl methyl sites for hydroxylation is 1. The Morgan fingerprint density at radius 1 is 1.41 bits per heavy atom.